The molecule has 0 saturated heterocycles. The summed E-state index contributed by atoms with van der Waals surface area (Å²) < 4.78 is 16.2. The molecule has 2 aromatic heterocycles. The van der Waals surface area contributed by atoms with Crippen molar-refractivity contribution in [3.8, 4) is 17.1 Å². The molecule has 0 aliphatic carbocycles. The minimum absolute atomic E-state index is 0.266. The number of halogens is 1. The first-order valence-electron chi connectivity index (χ1n) is 8.29. The number of hydrogen-bond donors (Lipinski definition) is 0. The van der Waals surface area contributed by atoms with E-state index in [1.807, 2.05) is 38.1 Å². The van der Waals surface area contributed by atoms with Crippen molar-refractivity contribution in [2.75, 3.05) is 0 Å². The average Bonchev–Trinajstić information content (AvgIpc) is 3.08. The minimum Gasteiger partial charge on any atom is -0.216 e. The molecule has 0 radical (unpaired) electrons. The summed E-state index contributed by atoms with van der Waals surface area (Å²) in [6.45, 7) is 7.92. The molecule has 0 unspecified atom stereocenters. The third kappa shape index (κ3) is 3.65. The molecule has 5 heteroatoms. The molecule has 0 aliphatic rings. The monoisotopic (exact) mass is 336 g/mol. The van der Waals surface area contributed by atoms with E-state index >= 15 is 0 Å². The molecule has 0 bridgehead atoms. The van der Waals surface area contributed by atoms with Gasteiger partial charge in [-0.2, -0.15) is 5.10 Å². The van der Waals surface area contributed by atoms with E-state index in [9.17, 15) is 4.39 Å². The molecule has 4 nitrogen and oxygen atoms in total. The van der Waals surface area contributed by atoms with Crippen LogP contribution in [0.4, 0.5) is 4.39 Å². The molecule has 0 N–H and O–H groups in total. The van der Waals surface area contributed by atoms with Gasteiger partial charge in [0.25, 0.3) is 5.95 Å². The molecule has 0 atom stereocenters. The molecule has 0 fully saturated rings. The zero-order valence-corrected chi connectivity index (χ0v) is 14.9. The van der Waals surface area contributed by atoms with E-state index in [0.717, 1.165) is 5.56 Å². The van der Waals surface area contributed by atoms with Gasteiger partial charge in [-0.3, -0.25) is 0 Å². The summed E-state index contributed by atoms with van der Waals surface area (Å²) in [5, 5.41) is 4.19. The number of benzene rings is 1. The van der Waals surface area contributed by atoms with Crippen LogP contribution in [-0.4, -0.2) is 19.7 Å². The first kappa shape index (κ1) is 17.0. The fourth-order valence-electron chi connectivity index (χ4n) is 2.63. The fourth-order valence-corrected chi connectivity index (χ4v) is 2.63. The summed E-state index contributed by atoms with van der Waals surface area (Å²) in [5.74, 6) is 0.569. The molecule has 0 spiro atoms. The second-order valence-corrected chi connectivity index (χ2v) is 6.41. The van der Waals surface area contributed by atoms with Gasteiger partial charge >= 0.3 is 0 Å². The van der Waals surface area contributed by atoms with Gasteiger partial charge in [-0.15, -0.1) is 0 Å². The third-order valence-corrected chi connectivity index (χ3v) is 3.85. The Morgan fingerprint density at radius 3 is 2.60 bits per heavy atom. The Labute approximate surface area is 147 Å². The van der Waals surface area contributed by atoms with Crippen molar-refractivity contribution in [3.63, 3.8) is 0 Å². The van der Waals surface area contributed by atoms with Crippen LogP contribution < -0.4 is 0 Å². The molecular weight excluding hydrogens is 315 g/mol. The van der Waals surface area contributed by atoms with Crippen molar-refractivity contribution in [2.45, 2.75) is 27.7 Å². The molecule has 25 heavy (non-hydrogen) atoms. The molecule has 3 aromatic rings. The van der Waals surface area contributed by atoms with Crippen LogP contribution in [0.1, 0.15) is 30.8 Å². The third-order valence-electron chi connectivity index (χ3n) is 3.85. The summed E-state index contributed by atoms with van der Waals surface area (Å²) in [4.78, 5) is 9.16. The minimum atomic E-state index is -0.266. The second-order valence-electron chi connectivity index (χ2n) is 6.41. The quantitative estimate of drug-likeness (QED) is 0.690. The summed E-state index contributed by atoms with van der Waals surface area (Å²) in [5.41, 5.74) is 3.51. The predicted octanol–water partition coefficient (Wildman–Crippen LogP) is 4.75. The van der Waals surface area contributed by atoms with E-state index in [0.29, 0.717) is 34.4 Å². The Morgan fingerprint density at radius 2 is 1.96 bits per heavy atom. The Hall–Kier alpha value is -2.82. The smallest absolute Gasteiger partial charge is 0.216 e. The Balaban J connectivity index is 2.22. The lowest BCUT2D eigenvalue weighted by Gasteiger charge is -2.13. The van der Waals surface area contributed by atoms with Gasteiger partial charge in [0.2, 0.25) is 0 Å². The number of allylic oxidation sites excluding steroid dienone is 1. The van der Waals surface area contributed by atoms with Gasteiger partial charge < -0.3 is 0 Å². The maximum atomic E-state index is 14.6. The van der Waals surface area contributed by atoms with Gasteiger partial charge in [0.15, 0.2) is 0 Å². The number of aryl methyl sites for hydroxylation is 2. The molecular formula is C20H21FN4. The van der Waals surface area contributed by atoms with Crippen LogP contribution in [0.15, 0.2) is 42.7 Å². The average molecular weight is 336 g/mol. The van der Waals surface area contributed by atoms with Gasteiger partial charge in [0, 0.05) is 23.5 Å². The highest BCUT2D eigenvalue weighted by molar-refractivity contribution is 5.76. The van der Waals surface area contributed by atoms with Gasteiger partial charge in [-0.05, 0) is 43.5 Å². The Bertz CT molecular complexity index is 912. The van der Waals surface area contributed by atoms with Crippen LogP contribution in [0, 0.1) is 25.6 Å². The van der Waals surface area contributed by atoms with Crippen LogP contribution >= 0.6 is 0 Å². The Morgan fingerprint density at radius 1 is 1.16 bits per heavy atom. The number of aromatic nitrogens is 4. The van der Waals surface area contributed by atoms with Gasteiger partial charge in [-0.1, -0.05) is 32.1 Å². The summed E-state index contributed by atoms with van der Waals surface area (Å²) in [7, 11) is 0. The van der Waals surface area contributed by atoms with E-state index < -0.39 is 0 Å². The normalized spacial score (nSPS) is 11.6. The van der Waals surface area contributed by atoms with E-state index in [-0.39, 0.29) is 5.82 Å². The van der Waals surface area contributed by atoms with Crippen molar-refractivity contribution in [2.24, 2.45) is 5.92 Å². The van der Waals surface area contributed by atoms with Crippen LogP contribution in [0.2, 0.25) is 0 Å². The molecule has 128 valence electrons. The molecule has 3 rings (SSSR count). The predicted molar refractivity (Wildman–Crippen MR) is 97.9 cm³/mol. The standard InChI is InChI=1S/C20H21FN4/c1-13(2)6-9-18-19(16-8-7-14(3)12-17(16)21)15(4)23-20(24-18)25-11-5-10-22-25/h5-13H,1-4H3. The summed E-state index contributed by atoms with van der Waals surface area (Å²) in [6, 6.07) is 7.04. The van der Waals surface area contributed by atoms with Crippen LogP contribution in [-0.2, 0) is 0 Å². The van der Waals surface area contributed by atoms with Crippen LogP contribution in [0.5, 0.6) is 0 Å². The lowest BCUT2D eigenvalue weighted by molar-refractivity contribution is 0.629. The van der Waals surface area contributed by atoms with E-state index in [1.54, 1.807) is 23.1 Å². The summed E-state index contributed by atoms with van der Waals surface area (Å²) in [6.07, 6.45) is 7.44. The highest BCUT2D eigenvalue weighted by Crippen LogP contribution is 2.30. The zero-order valence-electron chi connectivity index (χ0n) is 14.9. The topological polar surface area (TPSA) is 43.6 Å². The second kappa shape index (κ2) is 6.97. The number of hydrogen-bond acceptors (Lipinski definition) is 3. The maximum absolute atomic E-state index is 14.6. The Kier molecular flexibility index (Phi) is 4.74. The van der Waals surface area contributed by atoms with Crippen molar-refractivity contribution in [3.05, 3.63) is 65.5 Å². The van der Waals surface area contributed by atoms with Gasteiger partial charge in [0.05, 0.1) is 11.4 Å². The first-order chi connectivity index (χ1) is 12.0. The zero-order chi connectivity index (χ0) is 18.0. The summed E-state index contributed by atoms with van der Waals surface area (Å²) >= 11 is 0. The number of rotatable bonds is 4. The molecule has 0 aliphatic heterocycles. The molecule has 0 amide bonds. The van der Waals surface area contributed by atoms with Crippen molar-refractivity contribution >= 4 is 6.08 Å². The highest BCUT2D eigenvalue weighted by atomic mass is 19.1. The van der Waals surface area contributed by atoms with Crippen molar-refractivity contribution in [1.29, 1.82) is 0 Å². The SMILES string of the molecule is Cc1ccc(-c2c(C)nc(-n3cccn3)nc2C=CC(C)C)c(F)c1. The van der Waals surface area contributed by atoms with E-state index in [4.69, 9.17) is 0 Å². The molecule has 2 heterocycles. The van der Waals surface area contributed by atoms with Crippen molar-refractivity contribution < 1.29 is 4.39 Å². The largest absolute Gasteiger partial charge is 0.251 e. The van der Waals surface area contributed by atoms with Gasteiger partial charge in [-0.25, -0.2) is 19.0 Å². The lowest BCUT2D eigenvalue weighted by Crippen LogP contribution is -2.07. The van der Waals surface area contributed by atoms with Gasteiger partial charge in [0.1, 0.15) is 5.82 Å². The van der Waals surface area contributed by atoms with Crippen LogP contribution in [0.3, 0.4) is 0 Å². The molecule has 1 aromatic carbocycles. The number of nitrogens with zero attached hydrogens (tertiary/aromatic N) is 4. The highest BCUT2D eigenvalue weighted by Gasteiger charge is 2.16. The van der Waals surface area contributed by atoms with E-state index in [1.165, 1.54) is 6.07 Å². The maximum Gasteiger partial charge on any atom is 0.251 e. The first-order valence-corrected chi connectivity index (χ1v) is 8.29. The van der Waals surface area contributed by atoms with E-state index in [2.05, 4.69) is 28.9 Å². The fraction of sp³-hybridized carbons (Fsp3) is 0.250. The molecule has 0 saturated carbocycles. The van der Waals surface area contributed by atoms with Crippen LogP contribution in [0.25, 0.3) is 23.2 Å². The van der Waals surface area contributed by atoms with Crippen molar-refractivity contribution in [1.82, 2.24) is 19.7 Å². The lowest BCUT2D eigenvalue weighted by atomic mass is 9.99.